The van der Waals surface area contributed by atoms with E-state index in [1.165, 1.54) is 12.1 Å². The zero-order chi connectivity index (χ0) is 12.5. The summed E-state index contributed by atoms with van der Waals surface area (Å²) in [4.78, 5) is 0. The summed E-state index contributed by atoms with van der Waals surface area (Å²) in [6.45, 7) is 0. The van der Waals surface area contributed by atoms with Gasteiger partial charge in [0.05, 0.1) is 13.4 Å². The molecule has 90 valence electrons. The van der Waals surface area contributed by atoms with Gasteiger partial charge in [0.15, 0.2) is 0 Å². The van der Waals surface area contributed by atoms with Crippen molar-refractivity contribution in [3.05, 3.63) is 54.5 Å². The van der Waals surface area contributed by atoms with E-state index in [1.807, 2.05) is 18.2 Å². The van der Waals surface area contributed by atoms with Crippen molar-refractivity contribution in [1.82, 2.24) is 0 Å². The maximum Gasteiger partial charge on any atom is 0.134 e. The first kappa shape index (κ1) is 10.8. The fraction of sp³-hybridized carbons (Fsp3) is 0.0667. The van der Waals surface area contributed by atoms with Crippen molar-refractivity contribution in [2.45, 2.75) is 0 Å². The summed E-state index contributed by atoms with van der Waals surface area (Å²) >= 11 is 0. The van der Waals surface area contributed by atoms with E-state index in [-0.39, 0.29) is 5.82 Å². The normalized spacial score (nSPS) is 10.8. The molecule has 0 saturated carbocycles. The average molecular weight is 242 g/mol. The molecule has 3 aromatic rings. The predicted molar refractivity (Wildman–Crippen MR) is 68.2 cm³/mol. The zero-order valence-electron chi connectivity index (χ0n) is 9.81. The molecule has 0 aliphatic carbocycles. The molecule has 0 aliphatic rings. The van der Waals surface area contributed by atoms with E-state index >= 15 is 0 Å². The van der Waals surface area contributed by atoms with Gasteiger partial charge in [-0.1, -0.05) is 12.1 Å². The number of halogens is 1. The van der Waals surface area contributed by atoms with E-state index in [9.17, 15) is 4.39 Å². The molecular weight excluding hydrogens is 231 g/mol. The lowest BCUT2D eigenvalue weighted by atomic mass is 10.0. The molecule has 0 saturated heterocycles. The molecule has 1 heterocycles. The van der Waals surface area contributed by atoms with Crippen LogP contribution in [0.5, 0.6) is 5.75 Å². The number of hydrogen-bond donors (Lipinski definition) is 0. The Kier molecular flexibility index (Phi) is 2.52. The molecule has 3 rings (SSSR count). The van der Waals surface area contributed by atoms with Gasteiger partial charge >= 0.3 is 0 Å². The Morgan fingerprint density at radius 1 is 1.06 bits per heavy atom. The van der Waals surface area contributed by atoms with Crippen LogP contribution in [0.1, 0.15) is 0 Å². The molecule has 0 unspecified atom stereocenters. The van der Waals surface area contributed by atoms with Crippen molar-refractivity contribution >= 4 is 11.0 Å². The van der Waals surface area contributed by atoms with Crippen LogP contribution < -0.4 is 4.74 Å². The number of fused-ring (bicyclic) bond motifs is 1. The highest BCUT2D eigenvalue weighted by molar-refractivity contribution is 5.94. The van der Waals surface area contributed by atoms with Crippen molar-refractivity contribution in [2.75, 3.05) is 7.11 Å². The molecule has 1 aromatic heterocycles. The summed E-state index contributed by atoms with van der Waals surface area (Å²) < 4.78 is 23.6. The second kappa shape index (κ2) is 4.18. The van der Waals surface area contributed by atoms with Crippen LogP contribution in [0.25, 0.3) is 22.1 Å². The van der Waals surface area contributed by atoms with E-state index < -0.39 is 0 Å². The molecule has 0 N–H and O–H groups in total. The fourth-order valence-electron chi connectivity index (χ4n) is 1.99. The minimum absolute atomic E-state index is 0.246. The first-order valence-corrected chi connectivity index (χ1v) is 5.59. The highest BCUT2D eigenvalue weighted by atomic mass is 19.1. The van der Waals surface area contributed by atoms with E-state index in [2.05, 4.69) is 0 Å². The molecular formula is C15H11FO2. The number of hydrogen-bond acceptors (Lipinski definition) is 2. The minimum Gasteiger partial charge on any atom is -0.497 e. The van der Waals surface area contributed by atoms with Crippen LogP contribution in [0.15, 0.2) is 53.1 Å². The monoisotopic (exact) mass is 242 g/mol. The molecule has 3 heteroatoms. The van der Waals surface area contributed by atoms with Crippen LogP contribution in [0.2, 0.25) is 0 Å². The number of furan rings is 1. The van der Waals surface area contributed by atoms with E-state index in [1.54, 1.807) is 25.5 Å². The lowest BCUT2D eigenvalue weighted by molar-refractivity contribution is 0.415. The van der Waals surface area contributed by atoms with E-state index in [4.69, 9.17) is 9.15 Å². The standard InChI is InChI=1S/C15H11FO2/c1-17-12-6-7-15-13(8-12)14(9-18-15)10-2-4-11(16)5-3-10/h2-9H,1H3. The molecule has 0 fully saturated rings. The Balaban J connectivity index is 2.19. The average Bonchev–Trinajstić information content (AvgIpc) is 2.82. The number of benzene rings is 2. The first-order chi connectivity index (χ1) is 8.78. The van der Waals surface area contributed by atoms with Crippen molar-refractivity contribution < 1.29 is 13.5 Å². The van der Waals surface area contributed by atoms with Gasteiger partial charge in [-0.25, -0.2) is 4.39 Å². The molecule has 0 radical (unpaired) electrons. The lowest BCUT2D eigenvalue weighted by Crippen LogP contribution is -1.82. The van der Waals surface area contributed by atoms with Crippen LogP contribution in [-0.2, 0) is 0 Å². The van der Waals surface area contributed by atoms with Gasteiger partial charge < -0.3 is 9.15 Å². The quantitative estimate of drug-likeness (QED) is 0.670. The van der Waals surface area contributed by atoms with Gasteiger partial charge in [0.25, 0.3) is 0 Å². The zero-order valence-corrected chi connectivity index (χ0v) is 9.81. The third kappa shape index (κ3) is 1.74. The Morgan fingerprint density at radius 3 is 2.56 bits per heavy atom. The van der Waals surface area contributed by atoms with Crippen LogP contribution in [-0.4, -0.2) is 7.11 Å². The predicted octanol–water partition coefficient (Wildman–Crippen LogP) is 4.25. The van der Waals surface area contributed by atoms with Gasteiger partial charge in [-0.2, -0.15) is 0 Å². The Labute approximate surface area is 104 Å². The molecule has 2 aromatic carbocycles. The van der Waals surface area contributed by atoms with Crippen LogP contribution in [0, 0.1) is 5.82 Å². The number of methoxy groups -OCH3 is 1. The highest BCUT2D eigenvalue weighted by Gasteiger charge is 2.09. The Hall–Kier alpha value is -2.29. The first-order valence-electron chi connectivity index (χ1n) is 5.59. The van der Waals surface area contributed by atoms with Crippen molar-refractivity contribution in [1.29, 1.82) is 0 Å². The lowest BCUT2D eigenvalue weighted by Gasteiger charge is -2.01. The van der Waals surface area contributed by atoms with Crippen LogP contribution in [0.4, 0.5) is 4.39 Å². The summed E-state index contributed by atoms with van der Waals surface area (Å²) in [5.74, 6) is 0.524. The van der Waals surface area contributed by atoms with Gasteiger partial charge in [-0.15, -0.1) is 0 Å². The van der Waals surface area contributed by atoms with Crippen molar-refractivity contribution in [2.24, 2.45) is 0 Å². The summed E-state index contributed by atoms with van der Waals surface area (Å²) in [6.07, 6.45) is 1.68. The fourth-order valence-corrected chi connectivity index (χ4v) is 1.99. The highest BCUT2D eigenvalue weighted by Crippen LogP contribution is 2.32. The second-order valence-corrected chi connectivity index (χ2v) is 4.02. The van der Waals surface area contributed by atoms with Gasteiger partial charge in [-0.05, 0) is 35.9 Å². The van der Waals surface area contributed by atoms with Crippen LogP contribution in [0.3, 0.4) is 0 Å². The van der Waals surface area contributed by atoms with Crippen LogP contribution >= 0.6 is 0 Å². The van der Waals surface area contributed by atoms with Gasteiger partial charge in [0.1, 0.15) is 17.1 Å². The molecule has 18 heavy (non-hydrogen) atoms. The van der Waals surface area contributed by atoms with E-state index in [0.29, 0.717) is 0 Å². The minimum atomic E-state index is -0.246. The summed E-state index contributed by atoms with van der Waals surface area (Å²) in [5, 5.41) is 0.959. The third-order valence-corrected chi connectivity index (χ3v) is 2.94. The SMILES string of the molecule is COc1ccc2occ(-c3ccc(F)cc3)c2c1. The molecule has 0 bridgehead atoms. The third-order valence-electron chi connectivity index (χ3n) is 2.94. The molecule has 0 spiro atoms. The maximum atomic E-state index is 12.9. The summed E-state index contributed by atoms with van der Waals surface area (Å²) in [6, 6.07) is 12.0. The van der Waals surface area contributed by atoms with Gasteiger partial charge in [-0.3, -0.25) is 0 Å². The van der Waals surface area contributed by atoms with Crippen molar-refractivity contribution in [3.63, 3.8) is 0 Å². The smallest absolute Gasteiger partial charge is 0.134 e. The Bertz CT molecular complexity index is 683. The topological polar surface area (TPSA) is 22.4 Å². The summed E-state index contributed by atoms with van der Waals surface area (Å²) in [5.41, 5.74) is 2.64. The number of ether oxygens (including phenoxy) is 1. The molecule has 0 atom stereocenters. The summed E-state index contributed by atoms with van der Waals surface area (Å²) in [7, 11) is 1.62. The largest absolute Gasteiger partial charge is 0.497 e. The molecule has 0 aliphatic heterocycles. The molecule has 2 nitrogen and oxygen atoms in total. The Morgan fingerprint density at radius 2 is 1.83 bits per heavy atom. The van der Waals surface area contributed by atoms with Gasteiger partial charge in [0, 0.05) is 10.9 Å². The van der Waals surface area contributed by atoms with E-state index in [0.717, 1.165) is 27.8 Å². The number of rotatable bonds is 2. The second-order valence-electron chi connectivity index (χ2n) is 4.02. The van der Waals surface area contributed by atoms with Gasteiger partial charge in [0.2, 0.25) is 0 Å². The maximum absolute atomic E-state index is 12.9. The molecule has 0 amide bonds. The van der Waals surface area contributed by atoms with Crippen molar-refractivity contribution in [3.8, 4) is 16.9 Å².